The molecule has 1 amide bonds. The Labute approximate surface area is 195 Å². The molecule has 8 heteroatoms. The lowest BCUT2D eigenvalue weighted by Crippen LogP contribution is -2.45. The van der Waals surface area contributed by atoms with Crippen LogP contribution in [0, 0.1) is 6.92 Å². The number of ether oxygens (including phenoxy) is 1. The standard InChI is InChI=1S/C22H29N5O2.HI/c1-15-9-10-19(25-14-15)27-20(28)11-12-24-21(23-4)26-17-13-22(2,3)29-18-8-6-5-7-16(17)18;/h5-10,14,17H,11-13H2,1-4H3,(H2,23,24,26)(H,25,27,28);1H. The van der Waals surface area contributed by atoms with Crippen LogP contribution in [0.5, 0.6) is 5.75 Å². The van der Waals surface area contributed by atoms with E-state index in [1.165, 1.54) is 0 Å². The predicted molar refractivity (Wildman–Crippen MR) is 131 cm³/mol. The number of halogens is 1. The summed E-state index contributed by atoms with van der Waals surface area (Å²) < 4.78 is 6.08. The van der Waals surface area contributed by atoms with Crippen molar-refractivity contribution in [2.75, 3.05) is 18.9 Å². The topological polar surface area (TPSA) is 87.6 Å². The van der Waals surface area contributed by atoms with Crippen molar-refractivity contribution in [3.63, 3.8) is 0 Å². The normalized spacial score (nSPS) is 17.1. The number of aromatic nitrogens is 1. The molecule has 0 saturated heterocycles. The van der Waals surface area contributed by atoms with Crippen molar-refractivity contribution in [2.24, 2.45) is 4.99 Å². The van der Waals surface area contributed by atoms with Crippen molar-refractivity contribution in [1.82, 2.24) is 15.6 Å². The molecule has 1 aliphatic heterocycles. The summed E-state index contributed by atoms with van der Waals surface area (Å²) in [7, 11) is 1.72. The SMILES string of the molecule is CN=C(NCCC(=O)Nc1ccc(C)cn1)NC1CC(C)(C)Oc2ccccc21.I. The van der Waals surface area contributed by atoms with Gasteiger partial charge < -0.3 is 20.7 Å². The summed E-state index contributed by atoms with van der Waals surface area (Å²) in [4.78, 5) is 20.6. The van der Waals surface area contributed by atoms with E-state index in [2.05, 4.69) is 45.8 Å². The van der Waals surface area contributed by atoms with E-state index in [1.807, 2.05) is 31.2 Å². The molecule has 3 N–H and O–H groups in total. The van der Waals surface area contributed by atoms with E-state index < -0.39 is 0 Å². The molecular weight excluding hydrogens is 493 g/mol. The molecule has 30 heavy (non-hydrogen) atoms. The summed E-state index contributed by atoms with van der Waals surface area (Å²) in [5, 5.41) is 9.48. The number of anilines is 1. The van der Waals surface area contributed by atoms with E-state index in [0.29, 0.717) is 24.7 Å². The minimum absolute atomic E-state index is 0. The van der Waals surface area contributed by atoms with Gasteiger partial charge in [-0.05, 0) is 38.5 Å². The molecule has 2 heterocycles. The summed E-state index contributed by atoms with van der Waals surface area (Å²) in [5.41, 5.74) is 1.89. The number of hydrogen-bond acceptors (Lipinski definition) is 4. The van der Waals surface area contributed by atoms with Crippen LogP contribution in [0.4, 0.5) is 5.82 Å². The average molecular weight is 523 g/mol. The number of nitrogens with one attached hydrogen (secondary N) is 3. The first-order valence-corrected chi connectivity index (χ1v) is 9.84. The van der Waals surface area contributed by atoms with Crippen LogP contribution >= 0.6 is 24.0 Å². The second-order valence-corrected chi connectivity index (χ2v) is 7.82. The molecule has 7 nitrogen and oxygen atoms in total. The van der Waals surface area contributed by atoms with Gasteiger partial charge in [-0.25, -0.2) is 4.98 Å². The Kier molecular flexibility index (Phi) is 8.45. The van der Waals surface area contributed by atoms with E-state index in [4.69, 9.17) is 4.74 Å². The van der Waals surface area contributed by atoms with Gasteiger partial charge >= 0.3 is 0 Å². The molecule has 0 saturated carbocycles. The summed E-state index contributed by atoms with van der Waals surface area (Å²) in [6.07, 6.45) is 2.85. The number of aliphatic imine (C=N–C) groups is 1. The summed E-state index contributed by atoms with van der Waals surface area (Å²) in [5.74, 6) is 2.01. The first-order valence-electron chi connectivity index (χ1n) is 9.84. The molecule has 0 fully saturated rings. The number of guanidine groups is 1. The van der Waals surface area contributed by atoms with Crippen LogP contribution in [0.25, 0.3) is 0 Å². The van der Waals surface area contributed by atoms with Crippen LogP contribution < -0.4 is 20.7 Å². The van der Waals surface area contributed by atoms with Gasteiger partial charge in [0.2, 0.25) is 5.91 Å². The summed E-state index contributed by atoms with van der Waals surface area (Å²) in [6, 6.07) is 11.8. The molecule has 1 aliphatic rings. The zero-order chi connectivity index (χ0) is 20.9. The number of pyridine rings is 1. The number of amides is 1. The number of aryl methyl sites for hydroxylation is 1. The number of rotatable bonds is 5. The molecule has 0 bridgehead atoms. The van der Waals surface area contributed by atoms with Crippen LogP contribution in [0.3, 0.4) is 0 Å². The quantitative estimate of drug-likeness (QED) is 0.315. The molecule has 0 spiro atoms. The Morgan fingerprint density at radius 2 is 2.03 bits per heavy atom. The van der Waals surface area contributed by atoms with Crippen LogP contribution in [0.2, 0.25) is 0 Å². The molecule has 1 unspecified atom stereocenters. The third-order valence-corrected chi connectivity index (χ3v) is 4.73. The highest BCUT2D eigenvalue weighted by molar-refractivity contribution is 14.0. The lowest BCUT2D eigenvalue weighted by atomic mass is 9.90. The Balaban J connectivity index is 0.00000320. The minimum Gasteiger partial charge on any atom is -0.487 e. The lowest BCUT2D eigenvalue weighted by molar-refractivity contribution is -0.116. The van der Waals surface area contributed by atoms with Gasteiger partial charge in [-0.15, -0.1) is 24.0 Å². The van der Waals surface area contributed by atoms with E-state index >= 15 is 0 Å². The van der Waals surface area contributed by atoms with Crippen LogP contribution in [-0.2, 0) is 4.79 Å². The maximum absolute atomic E-state index is 12.1. The smallest absolute Gasteiger partial charge is 0.227 e. The van der Waals surface area contributed by atoms with Crippen molar-refractivity contribution in [2.45, 2.75) is 45.3 Å². The Morgan fingerprint density at radius 3 is 2.73 bits per heavy atom. The van der Waals surface area contributed by atoms with Gasteiger partial charge in [0.05, 0.1) is 6.04 Å². The molecule has 1 atom stereocenters. The van der Waals surface area contributed by atoms with E-state index in [0.717, 1.165) is 23.3 Å². The molecule has 1 aromatic carbocycles. The van der Waals surface area contributed by atoms with Gasteiger partial charge in [0.1, 0.15) is 17.2 Å². The van der Waals surface area contributed by atoms with E-state index in [1.54, 1.807) is 19.3 Å². The number of carbonyl (C=O) groups excluding carboxylic acids is 1. The summed E-state index contributed by atoms with van der Waals surface area (Å²) in [6.45, 7) is 6.58. The summed E-state index contributed by atoms with van der Waals surface area (Å²) >= 11 is 0. The Bertz CT molecular complexity index is 883. The monoisotopic (exact) mass is 523 g/mol. The highest BCUT2D eigenvalue weighted by Crippen LogP contribution is 2.39. The second kappa shape index (κ2) is 10.6. The zero-order valence-electron chi connectivity index (χ0n) is 17.9. The third-order valence-electron chi connectivity index (χ3n) is 4.73. The van der Waals surface area contributed by atoms with Gasteiger partial charge in [-0.2, -0.15) is 0 Å². The van der Waals surface area contributed by atoms with Crippen LogP contribution in [-0.4, -0.2) is 36.0 Å². The highest BCUT2D eigenvalue weighted by Gasteiger charge is 2.33. The van der Waals surface area contributed by atoms with E-state index in [9.17, 15) is 4.79 Å². The lowest BCUT2D eigenvalue weighted by Gasteiger charge is -2.38. The number of para-hydroxylation sites is 1. The first-order chi connectivity index (χ1) is 13.9. The van der Waals surface area contributed by atoms with Crippen molar-refractivity contribution in [1.29, 1.82) is 0 Å². The van der Waals surface area contributed by atoms with Gasteiger partial charge in [0, 0.05) is 38.2 Å². The fourth-order valence-electron chi connectivity index (χ4n) is 3.33. The van der Waals surface area contributed by atoms with Crippen molar-refractivity contribution >= 4 is 41.7 Å². The van der Waals surface area contributed by atoms with Gasteiger partial charge in [-0.3, -0.25) is 9.79 Å². The molecule has 2 aromatic rings. The number of carbonyl (C=O) groups is 1. The Morgan fingerprint density at radius 1 is 1.27 bits per heavy atom. The largest absolute Gasteiger partial charge is 0.487 e. The zero-order valence-corrected chi connectivity index (χ0v) is 20.2. The number of hydrogen-bond donors (Lipinski definition) is 3. The fraction of sp³-hybridized carbons (Fsp3) is 0.409. The number of fused-ring (bicyclic) bond motifs is 1. The molecule has 1 aromatic heterocycles. The number of nitrogens with zero attached hydrogens (tertiary/aromatic N) is 2. The fourth-order valence-corrected chi connectivity index (χ4v) is 3.33. The second-order valence-electron chi connectivity index (χ2n) is 7.82. The Hall–Kier alpha value is -2.36. The molecule has 0 radical (unpaired) electrons. The van der Waals surface area contributed by atoms with Crippen LogP contribution in [0.15, 0.2) is 47.6 Å². The maximum Gasteiger partial charge on any atom is 0.227 e. The average Bonchev–Trinajstić information content (AvgIpc) is 2.68. The molecule has 3 rings (SSSR count). The molecular formula is C22H30IN5O2. The maximum atomic E-state index is 12.1. The van der Waals surface area contributed by atoms with Gasteiger partial charge in [0.25, 0.3) is 0 Å². The molecule has 0 aliphatic carbocycles. The van der Waals surface area contributed by atoms with Crippen LogP contribution in [0.1, 0.15) is 43.9 Å². The van der Waals surface area contributed by atoms with Crippen molar-refractivity contribution in [3.8, 4) is 5.75 Å². The van der Waals surface area contributed by atoms with Gasteiger partial charge in [-0.1, -0.05) is 24.3 Å². The third kappa shape index (κ3) is 6.58. The highest BCUT2D eigenvalue weighted by atomic mass is 127. The predicted octanol–water partition coefficient (Wildman–Crippen LogP) is 3.80. The minimum atomic E-state index is -0.272. The van der Waals surface area contributed by atoms with Gasteiger partial charge in [0.15, 0.2) is 5.96 Å². The first kappa shape index (κ1) is 23.9. The number of benzene rings is 1. The molecule has 162 valence electrons. The van der Waals surface area contributed by atoms with E-state index in [-0.39, 0.29) is 41.5 Å². The van der Waals surface area contributed by atoms with Crippen molar-refractivity contribution < 1.29 is 9.53 Å². The van der Waals surface area contributed by atoms with Crippen molar-refractivity contribution in [3.05, 3.63) is 53.7 Å².